The lowest BCUT2D eigenvalue weighted by molar-refractivity contribution is 0.417. The van der Waals surface area contributed by atoms with Crippen LogP contribution < -0.4 is 15.8 Å². The highest BCUT2D eigenvalue weighted by atomic mass is 35.5. The Bertz CT molecular complexity index is 579. The highest BCUT2D eigenvalue weighted by Crippen LogP contribution is 2.30. The zero-order valence-electron chi connectivity index (χ0n) is 9.45. The molecule has 0 radical (unpaired) electrons. The molecule has 2 rings (SSSR count). The molecule has 5 nitrogen and oxygen atoms in total. The van der Waals surface area contributed by atoms with E-state index in [4.69, 9.17) is 22.1 Å². The monoisotopic (exact) mass is 268 g/mol. The first-order chi connectivity index (χ1) is 8.60. The summed E-state index contributed by atoms with van der Waals surface area (Å²) >= 11 is 5.86. The largest absolute Gasteiger partial charge is 0.495 e. The number of nitrogens with one attached hydrogen (secondary N) is 1. The standard InChI is InChI=1S/C11H10ClFN4O/c1-18-9-3-2-6(12)4-8(9)16-10-7(13)5-15-11(14)17-10/h2-5H,1H3,(H3,14,15,16,17). The van der Waals surface area contributed by atoms with Gasteiger partial charge < -0.3 is 15.8 Å². The van der Waals surface area contributed by atoms with Crippen molar-refractivity contribution in [1.29, 1.82) is 0 Å². The van der Waals surface area contributed by atoms with Crippen LogP contribution in [0.3, 0.4) is 0 Å². The van der Waals surface area contributed by atoms with Crippen molar-refractivity contribution >= 4 is 29.1 Å². The molecule has 0 saturated heterocycles. The van der Waals surface area contributed by atoms with Crippen LogP contribution in [0.2, 0.25) is 5.02 Å². The van der Waals surface area contributed by atoms with Gasteiger partial charge in [-0.25, -0.2) is 9.37 Å². The maximum absolute atomic E-state index is 13.5. The predicted octanol–water partition coefficient (Wildman–Crippen LogP) is 2.60. The summed E-state index contributed by atoms with van der Waals surface area (Å²) in [5.41, 5.74) is 5.88. The third-order valence-electron chi connectivity index (χ3n) is 2.18. The third kappa shape index (κ3) is 2.60. The lowest BCUT2D eigenvalue weighted by Crippen LogP contribution is -2.03. The topological polar surface area (TPSA) is 73.1 Å². The molecular weight excluding hydrogens is 259 g/mol. The fraction of sp³-hybridized carbons (Fsp3) is 0.0909. The van der Waals surface area contributed by atoms with Crippen molar-refractivity contribution in [3.8, 4) is 5.75 Å². The minimum atomic E-state index is -0.619. The van der Waals surface area contributed by atoms with Gasteiger partial charge >= 0.3 is 0 Å². The van der Waals surface area contributed by atoms with E-state index in [1.807, 2.05) is 0 Å². The van der Waals surface area contributed by atoms with Crippen LogP contribution in [0.4, 0.5) is 21.8 Å². The maximum atomic E-state index is 13.5. The normalized spacial score (nSPS) is 10.2. The van der Waals surface area contributed by atoms with E-state index >= 15 is 0 Å². The van der Waals surface area contributed by atoms with Crippen molar-refractivity contribution in [3.05, 3.63) is 35.2 Å². The number of ether oxygens (including phenoxy) is 1. The molecule has 2 aromatic rings. The van der Waals surface area contributed by atoms with Crippen LogP contribution in [0.25, 0.3) is 0 Å². The van der Waals surface area contributed by atoms with E-state index in [9.17, 15) is 4.39 Å². The molecule has 0 aliphatic heterocycles. The molecule has 0 aliphatic rings. The van der Waals surface area contributed by atoms with Gasteiger partial charge in [0.25, 0.3) is 0 Å². The number of anilines is 3. The molecule has 1 aromatic heterocycles. The number of hydrogen-bond acceptors (Lipinski definition) is 5. The molecule has 0 bridgehead atoms. The zero-order chi connectivity index (χ0) is 13.1. The highest BCUT2D eigenvalue weighted by molar-refractivity contribution is 6.31. The number of rotatable bonds is 3. The van der Waals surface area contributed by atoms with Gasteiger partial charge in [-0.1, -0.05) is 11.6 Å². The first-order valence-corrected chi connectivity index (χ1v) is 5.36. The number of nitrogen functional groups attached to an aromatic ring is 1. The summed E-state index contributed by atoms with van der Waals surface area (Å²) in [6.45, 7) is 0. The van der Waals surface area contributed by atoms with E-state index in [1.54, 1.807) is 18.2 Å². The van der Waals surface area contributed by atoms with E-state index in [0.29, 0.717) is 16.5 Å². The molecule has 0 unspecified atom stereocenters. The Morgan fingerprint density at radius 1 is 1.44 bits per heavy atom. The Morgan fingerprint density at radius 3 is 2.94 bits per heavy atom. The van der Waals surface area contributed by atoms with E-state index in [2.05, 4.69) is 15.3 Å². The summed E-state index contributed by atoms with van der Waals surface area (Å²) in [5, 5.41) is 3.24. The fourth-order valence-corrected chi connectivity index (χ4v) is 1.55. The van der Waals surface area contributed by atoms with E-state index in [1.165, 1.54) is 7.11 Å². The second kappa shape index (κ2) is 5.05. The van der Waals surface area contributed by atoms with E-state index in [-0.39, 0.29) is 11.8 Å². The second-order valence-electron chi connectivity index (χ2n) is 3.39. The molecule has 7 heteroatoms. The van der Waals surface area contributed by atoms with E-state index in [0.717, 1.165) is 6.20 Å². The quantitative estimate of drug-likeness (QED) is 0.895. The van der Waals surface area contributed by atoms with Crippen LogP contribution >= 0.6 is 11.6 Å². The van der Waals surface area contributed by atoms with Gasteiger partial charge in [0.15, 0.2) is 11.6 Å². The number of nitrogens with two attached hydrogens (primary N) is 1. The van der Waals surface area contributed by atoms with Crippen LogP contribution in [0.15, 0.2) is 24.4 Å². The van der Waals surface area contributed by atoms with Crippen molar-refractivity contribution in [2.45, 2.75) is 0 Å². The van der Waals surface area contributed by atoms with Gasteiger partial charge in [0.1, 0.15) is 5.75 Å². The Hall–Kier alpha value is -2.08. The first-order valence-electron chi connectivity index (χ1n) is 4.98. The minimum Gasteiger partial charge on any atom is -0.495 e. The molecule has 0 spiro atoms. The van der Waals surface area contributed by atoms with Crippen LogP contribution in [0.1, 0.15) is 0 Å². The summed E-state index contributed by atoms with van der Waals surface area (Å²) in [7, 11) is 1.50. The van der Waals surface area contributed by atoms with Crippen molar-refractivity contribution in [2.24, 2.45) is 0 Å². The van der Waals surface area contributed by atoms with Crippen LogP contribution in [-0.4, -0.2) is 17.1 Å². The fourth-order valence-electron chi connectivity index (χ4n) is 1.37. The molecule has 0 amide bonds. The molecule has 0 atom stereocenters. The number of halogens is 2. The highest BCUT2D eigenvalue weighted by Gasteiger charge is 2.09. The molecule has 94 valence electrons. The lowest BCUT2D eigenvalue weighted by Gasteiger charge is -2.11. The van der Waals surface area contributed by atoms with Gasteiger partial charge in [0, 0.05) is 5.02 Å². The summed E-state index contributed by atoms with van der Waals surface area (Å²) in [5.74, 6) is -0.176. The SMILES string of the molecule is COc1ccc(Cl)cc1Nc1nc(N)ncc1F. The van der Waals surface area contributed by atoms with Gasteiger partial charge in [-0.05, 0) is 18.2 Å². The van der Waals surface area contributed by atoms with Gasteiger partial charge in [-0.15, -0.1) is 0 Å². The molecule has 1 aromatic carbocycles. The van der Waals surface area contributed by atoms with Crippen LogP contribution in [0.5, 0.6) is 5.75 Å². The maximum Gasteiger partial charge on any atom is 0.222 e. The average Bonchev–Trinajstić information content (AvgIpc) is 2.34. The van der Waals surface area contributed by atoms with Crippen molar-refractivity contribution in [3.63, 3.8) is 0 Å². The molecule has 0 aliphatic carbocycles. The van der Waals surface area contributed by atoms with Crippen molar-refractivity contribution < 1.29 is 9.13 Å². The Kier molecular flexibility index (Phi) is 3.47. The third-order valence-corrected chi connectivity index (χ3v) is 2.41. The summed E-state index contributed by atoms with van der Waals surface area (Å²) in [6, 6.07) is 4.92. The van der Waals surface area contributed by atoms with Gasteiger partial charge in [0.05, 0.1) is 19.0 Å². The van der Waals surface area contributed by atoms with Crippen molar-refractivity contribution in [2.75, 3.05) is 18.2 Å². The molecule has 3 N–H and O–H groups in total. The number of methoxy groups -OCH3 is 1. The van der Waals surface area contributed by atoms with Crippen molar-refractivity contribution in [1.82, 2.24) is 9.97 Å². The average molecular weight is 269 g/mol. The molecule has 18 heavy (non-hydrogen) atoms. The first kappa shape index (κ1) is 12.4. The molecule has 1 heterocycles. The lowest BCUT2D eigenvalue weighted by atomic mass is 10.3. The summed E-state index contributed by atoms with van der Waals surface area (Å²) in [4.78, 5) is 7.29. The van der Waals surface area contributed by atoms with Gasteiger partial charge in [-0.2, -0.15) is 4.98 Å². The number of nitrogens with zero attached hydrogens (tertiary/aromatic N) is 2. The predicted molar refractivity (Wildman–Crippen MR) is 67.7 cm³/mol. The number of benzene rings is 1. The zero-order valence-corrected chi connectivity index (χ0v) is 10.2. The molecular formula is C11H10ClFN4O. The smallest absolute Gasteiger partial charge is 0.222 e. The Morgan fingerprint density at radius 2 is 2.22 bits per heavy atom. The van der Waals surface area contributed by atoms with Gasteiger partial charge in [-0.3, -0.25) is 0 Å². The Labute approximate surface area is 108 Å². The van der Waals surface area contributed by atoms with E-state index < -0.39 is 5.82 Å². The van der Waals surface area contributed by atoms with Crippen LogP contribution in [-0.2, 0) is 0 Å². The summed E-state index contributed by atoms with van der Waals surface area (Å²) < 4.78 is 18.6. The van der Waals surface area contributed by atoms with Gasteiger partial charge in [0.2, 0.25) is 5.95 Å². The number of hydrogen-bond donors (Lipinski definition) is 2. The summed E-state index contributed by atoms with van der Waals surface area (Å²) in [6.07, 6.45) is 0.988. The molecule has 0 saturated carbocycles. The van der Waals surface area contributed by atoms with Crippen LogP contribution in [0, 0.1) is 5.82 Å². The number of aromatic nitrogens is 2. The minimum absolute atomic E-state index is 0.0279. The second-order valence-corrected chi connectivity index (χ2v) is 3.83. The Balaban J connectivity index is 2.38. The molecule has 0 fully saturated rings.